The van der Waals surface area contributed by atoms with E-state index in [0.717, 1.165) is 5.56 Å². The number of anilines is 1. The summed E-state index contributed by atoms with van der Waals surface area (Å²) < 4.78 is 39.3. The molecule has 1 atom stereocenters. The Morgan fingerprint density at radius 1 is 1.24 bits per heavy atom. The minimum atomic E-state index is -4.36. The highest BCUT2D eigenvalue weighted by Gasteiger charge is 2.41. The van der Waals surface area contributed by atoms with Crippen LogP contribution >= 0.6 is 0 Å². The number of benzene rings is 1. The first-order chi connectivity index (χ1) is 17.3. The van der Waals surface area contributed by atoms with Crippen LogP contribution in [0.1, 0.15) is 54.3 Å². The zero-order valence-electron chi connectivity index (χ0n) is 21.9. The Kier molecular flexibility index (Phi) is 8.01. The fourth-order valence-electron chi connectivity index (χ4n) is 3.71. The number of hydrogen-bond donors (Lipinski definition) is 3. The van der Waals surface area contributed by atoms with E-state index in [1.165, 1.54) is 37.2 Å². The lowest BCUT2D eigenvalue weighted by Crippen LogP contribution is -2.27. The van der Waals surface area contributed by atoms with Crippen LogP contribution in [0.3, 0.4) is 0 Å². The molecule has 1 aliphatic heterocycles. The number of furan rings is 1. The molecule has 0 saturated carbocycles. The van der Waals surface area contributed by atoms with E-state index in [1.807, 2.05) is 33.8 Å². The van der Waals surface area contributed by atoms with Gasteiger partial charge in [-0.25, -0.2) is 13.2 Å². The van der Waals surface area contributed by atoms with E-state index in [4.69, 9.17) is 9.15 Å². The fourth-order valence-corrected chi connectivity index (χ4v) is 4.91. The maximum Gasteiger partial charge on any atom is 0.354 e. The maximum atomic E-state index is 13.0. The number of sulfonamides is 1. The smallest absolute Gasteiger partial charge is 0.354 e. The average Bonchev–Trinajstić information content (AvgIpc) is 3.26. The number of aromatic hydroxyl groups is 1. The minimum Gasteiger partial charge on any atom is -0.505 e. The molecule has 0 radical (unpaired) electrons. The number of nitrogens with one attached hydrogen (secondary N) is 2. The van der Waals surface area contributed by atoms with E-state index in [0.29, 0.717) is 11.5 Å². The quantitative estimate of drug-likeness (QED) is 0.346. The second-order valence-electron chi connectivity index (χ2n) is 9.11. The molecule has 0 saturated heterocycles. The third kappa shape index (κ3) is 5.63. The largest absolute Gasteiger partial charge is 0.505 e. The number of esters is 1. The van der Waals surface area contributed by atoms with Gasteiger partial charge in [0, 0.05) is 14.1 Å². The first kappa shape index (κ1) is 27.8. The molecule has 2 heterocycles. The molecule has 1 aromatic carbocycles. The number of phenols is 1. The first-order valence-corrected chi connectivity index (χ1v) is 13.2. The molecule has 3 N–H and O–H groups in total. The van der Waals surface area contributed by atoms with E-state index in [9.17, 15) is 23.1 Å². The number of para-hydroxylation sites is 1. The molecule has 0 fully saturated rings. The number of ether oxygens (including phenoxy) is 1. The van der Waals surface area contributed by atoms with Gasteiger partial charge >= 0.3 is 5.97 Å². The summed E-state index contributed by atoms with van der Waals surface area (Å²) in [4.78, 5) is 30.5. The Labute approximate surface area is 216 Å². The van der Waals surface area contributed by atoms with Crippen molar-refractivity contribution in [2.45, 2.75) is 40.7 Å². The summed E-state index contributed by atoms with van der Waals surface area (Å²) in [6.45, 7) is 9.00. The van der Waals surface area contributed by atoms with Crippen LogP contribution in [0, 0.1) is 19.8 Å². The highest BCUT2D eigenvalue weighted by molar-refractivity contribution is 7.95. The van der Waals surface area contributed by atoms with Crippen molar-refractivity contribution in [2.24, 2.45) is 10.9 Å². The number of amides is 1. The van der Waals surface area contributed by atoms with Crippen molar-refractivity contribution in [3.05, 3.63) is 57.5 Å². The number of amidine groups is 1. The topological polar surface area (TPSA) is 151 Å². The third-order valence-corrected chi connectivity index (χ3v) is 7.10. The van der Waals surface area contributed by atoms with Crippen LogP contribution in [0.25, 0.3) is 0 Å². The molecule has 12 heteroatoms. The fraction of sp³-hybridized carbons (Fsp3) is 0.400. The predicted molar refractivity (Wildman–Crippen MR) is 139 cm³/mol. The number of carbonyl (C=O) groups is 2. The monoisotopic (exact) mass is 532 g/mol. The van der Waals surface area contributed by atoms with Gasteiger partial charge < -0.3 is 24.5 Å². The molecule has 0 unspecified atom stereocenters. The number of carbonyl (C=O) groups excluding carboxylic acids is 2. The zero-order valence-corrected chi connectivity index (χ0v) is 22.7. The molecular formula is C25H32N4O7S. The van der Waals surface area contributed by atoms with E-state index in [1.54, 1.807) is 6.92 Å². The van der Waals surface area contributed by atoms with Gasteiger partial charge in [-0.1, -0.05) is 19.9 Å². The predicted octanol–water partition coefficient (Wildman–Crippen LogP) is 3.22. The van der Waals surface area contributed by atoms with E-state index in [2.05, 4.69) is 15.0 Å². The van der Waals surface area contributed by atoms with Crippen molar-refractivity contribution in [1.82, 2.24) is 9.62 Å². The number of hydrogen-bond acceptors (Lipinski definition) is 9. The van der Waals surface area contributed by atoms with Gasteiger partial charge in [0.05, 0.1) is 17.9 Å². The highest BCUT2D eigenvalue weighted by atomic mass is 32.2. The van der Waals surface area contributed by atoms with Gasteiger partial charge in [-0.3, -0.25) is 14.5 Å². The molecule has 3 rings (SSSR count). The van der Waals surface area contributed by atoms with Crippen molar-refractivity contribution in [1.29, 1.82) is 0 Å². The Morgan fingerprint density at radius 3 is 2.46 bits per heavy atom. The first-order valence-electron chi connectivity index (χ1n) is 11.7. The van der Waals surface area contributed by atoms with Gasteiger partial charge in [0.25, 0.3) is 15.9 Å². The molecule has 0 spiro atoms. The Balaban J connectivity index is 2.21. The third-order valence-electron chi connectivity index (χ3n) is 5.73. The van der Waals surface area contributed by atoms with Gasteiger partial charge in [-0.15, -0.1) is 0 Å². The Bertz CT molecular complexity index is 1370. The maximum absolute atomic E-state index is 13.0. The summed E-state index contributed by atoms with van der Waals surface area (Å²) in [5.74, 6) is -0.994. The van der Waals surface area contributed by atoms with E-state index >= 15 is 0 Å². The Hall–Kier alpha value is -3.80. The van der Waals surface area contributed by atoms with Crippen molar-refractivity contribution in [2.75, 3.05) is 26.0 Å². The zero-order chi connectivity index (χ0) is 27.7. The van der Waals surface area contributed by atoms with Crippen LogP contribution < -0.4 is 10.0 Å². The van der Waals surface area contributed by atoms with Crippen LogP contribution in [0.15, 0.2) is 44.3 Å². The van der Waals surface area contributed by atoms with Crippen molar-refractivity contribution < 1.29 is 32.3 Å². The van der Waals surface area contributed by atoms with Crippen LogP contribution in [-0.2, 0) is 19.6 Å². The molecule has 1 aromatic heterocycles. The van der Waals surface area contributed by atoms with Crippen LogP contribution in [-0.4, -0.2) is 56.8 Å². The van der Waals surface area contributed by atoms with Gasteiger partial charge in [0.15, 0.2) is 16.5 Å². The highest BCUT2D eigenvalue weighted by Crippen LogP contribution is 2.34. The molecule has 0 bridgehead atoms. The normalized spacial score (nSPS) is 16.6. The summed E-state index contributed by atoms with van der Waals surface area (Å²) in [7, 11) is -1.30. The molecule has 2 aromatic rings. The number of aliphatic imine (C=N–C) groups is 1. The van der Waals surface area contributed by atoms with Crippen LogP contribution in [0.4, 0.5) is 5.69 Å². The van der Waals surface area contributed by atoms with Gasteiger partial charge in [0.1, 0.15) is 23.3 Å². The lowest BCUT2D eigenvalue weighted by Gasteiger charge is -2.18. The number of phenolic OH excluding ortho intramolecular Hbond substituents is 1. The van der Waals surface area contributed by atoms with Crippen molar-refractivity contribution in [3.63, 3.8) is 0 Å². The standard InChI is InChI=1S/C25H32N4O7S/c1-8-35-25(32)22-20(26-17-11-9-10-16(21(17)30)24(31)29(6)7)23(28-37(22,33)34)27-19(13(2)3)18-12-14(4)15(5)36-18/h9-13,19,26,30H,8H2,1-7H3,(H,27,28)/t19-/m1/s1. The minimum absolute atomic E-state index is 0.00174. The summed E-state index contributed by atoms with van der Waals surface area (Å²) in [5, 5.41) is 13.6. The van der Waals surface area contributed by atoms with Crippen LogP contribution in [0.2, 0.25) is 0 Å². The van der Waals surface area contributed by atoms with Gasteiger partial charge in [-0.2, -0.15) is 0 Å². The molecule has 1 amide bonds. The number of nitrogens with zero attached hydrogens (tertiary/aromatic N) is 2. The van der Waals surface area contributed by atoms with E-state index in [-0.39, 0.29) is 35.3 Å². The average molecular weight is 533 g/mol. The second-order valence-corrected chi connectivity index (χ2v) is 10.7. The number of rotatable bonds is 8. The van der Waals surface area contributed by atoms with Crippen molar-refractivity contribution >= 4 is 33.4 Å². The lowest BCUT2D eigenvalue weighted by atomic mass is 10.0. The van der Waals surface area contributed by atoms with E-state index < -0.39 is 38.6 Å². The molecule has 200 valence electrons. The second kappa shape index (κ2) is 10.7. The lowest BCUT2D eigenvalue weighted by molar-refractivity contribution is -0.137. The summed E-state index contributed by atoms with van der Waals surface area (Å²) in [6.07, 6.45) is 0. The summed E-state index contributed by atoms with van der Waals surface area (Å²) in [5.41, 5.74) is 0.694. The Morgan fingerprint density at radius 2 is 1.92 bits per heavy atom. The van der Waals surface area contributed by atoms with Crippen molar-refractivity contribution in [3.8, 4) is 5.75 Å². The molecule has 0 aliphatic carbocycles. The van der Waals surface area contributed by atoms with Gasteiger partial charge in [0.2, 0.25) is 0 Å². The summed E-state index contributed by atoms with van der Waals surface area (Å²) >= 11 is 0. The van der Waals surface area contributed by atoms with Gasteiger partial charge in [-0.05, 0) is 50.5 Å². The summed E-state index contributed by atoms with van der Waals surface area (Å²) in [6, 6.07) is 5.62. The number of aryl methyl sites for hydroxylation is 2. The molecular weight excluding hydrogens is 500 g/mol. The molecule has 37 heavy (non-hydrogen) atoms. The molecule has 1 aliphatic rings. The SMILES string of the molecule is CCOC(=O)C1=C(Nc2cccc(C(=O)N(C)C)c2O)C(=N[C@@H](c2cc(C)c(C)o2)C(C)C)NS1(=O)=O. The van der Waals surface area contributed by atoms with Crippen LogP contribution in [0.5, 0.6) is 5.75 Å². The molecule has 11 nitrogen and oxygen atoms in total.